The van der Waals surface area contributed by atoms with Gasteiger partial charge in [-0.15, -0.1) is 11.6 Å². The van der Waals surface area contributed by atoms with Crippen LogP contribution in [0.3, 0.4) is 0 Å². The van der Waals surface area contributed by atoms with Crippen LogP contribution in [0.1, 0.15) is 31.2 Å². The molecule has 0 amide bonds. The molecule has 16 heavy (non-hydrogen) atoms. The molecule has 2 atom stereocenters. The summed E-state index contributed by atoms with van der Waals surface area (Å²) in [6.45, 7) is 2.10. The number of aromatic nitrogens is 1. The van der Waals surface area contributed by atoms with E-state index in [2.05, 4.69) is 29.9 Å². The van der Waals surface area contributed by atoms with Gasteiger partial charge in [-0.25, -0.2) is 4.98 Å². The molecule has 2 nitrogen and oxygen atoms in total. The Labute approximate surface area is 103 Å². The van der Waals surface area contributed by atoms with Crippen molar-refractivity contribution >= 4 is 17.4 Å². The largest absolute Gasteiger partial charge is 0.355 e. The molecule has 0 radical (unpaired) electrons. The minimum atomic E-state index is 0.264. The van der Waals surface area contributed by atoms with Gasteiger partial charge in [0.05, 0.1) is 5.38 Å². The molecule has 0 saturated heterocycles. The van der Waals surface area contributed by atoms with Crippen molar-refractivity contribution in [3.8, 4) is 0 Å². The lowest BCUT2D eigenvalue weighted by Gasteiger charge is -2.36. The van der Waals surface area contributed by atoms with Crippen LogP contribution in [0.15, 0.2) is 18.3 Å². The van der Waals surface area contributed by atoms with E-state index in [9.17, 15) is 0 Å². The Morgan fingerprint density at radius 2 is 2.12 bits per heavy atom. The van der Waals surface area contributed by atoms with E-state index >= 15 is 0 Å². The molecule has 0 N–H and O–H groups in total. The number of rotatable bonds is 2. The Kier molecular flexibility index (Phi) is 3.70. The maximum atomic E-state index is 6.41. The number of aryl methyl sites for hydroxylation is 1. The van der Waals surface area contributed by atoms with Crippen LogP contribution in [0.2, 0.25) is 0 Å². The third-order valence-electron chi connectivity index (χ3n) is 3.46. The molecule has 1 saturated carbocycles. The zero-order chi connectivity index (χ0) is 11.5. The number of alkyl halides is 1. The number of nitrogens with zero attached hydrogens (tertiary/aromatic N) is 2. The second-order valence-corrected chi connectivity index (χ2v) is 5.18. The molecule has 1 fully saturated rings. The third-order valence-corrected chi connectivity index (χ3v) is 3.97. The number of halogens is 1. The second-order valence-electron chi connectivity index (χ2n) is 4.62. The first kappa shape index (κ1) is 11.7. The minimum absolute atomic E-state index is 0.264. The Balaban J connectivity index is 2.17. The summed E-state index contributed by atoms with van der Waals surface area (Å²) >= 11 is 6.41. The first-order valence-electron chi connectivity index (χ1n) is 5.98. The predicted molar refractivity (Wildman–Crippen MR) is 69.3 cm³/mol. The fourth-order valence-electron chi connectivity index (χ4n) is 2.51. The van der Waals surface area contributed by atoms with Gasteiger partial charge in [0.1, 0.15) is 5.82 Å². The summed E-state index contributed by atoms with van der Waals surface area (Å²) in [5.74, 6) is 1.07. The zero-order valence-corrected chi connectivity index (χ0v) is 10.7. The van der Waals surface area contributed by atoms with Crippen molar-refractivity contribution in [2.45, 2.75) is 44.0 Å². The number of hydrogen-bond donors (Lipinski definition) is 0. The first-order chi connectivity index (χ1) is 7.70. The van der Waals surface area contributed by atoms with Gasteiger partial charge in [0, 0.05) is 19.3 Å². The van der Waals surface area contributed by atoms with Gasteiger partial charge in [-0.05, 0) is 31.4 Å². The molecule has 3 heteroatoms. The molecule has 1 heterocycles. The molecule has 0 bridgehead atoms. The van der Waals surface area contributed by atoms with E-state index < -0.39 is 0 Å². The van der Waals surface area contributed by atoms with E-state index in [0.29, 0.717) is 6.04 Å². The fraction of sp³-hybridized carbons (Fsp3) is 0.615. The molecule has 1 aliphatic rings. The van der Waals surface area contributed by atoms with Crippen LogP contribution >= 0.6 is 11.6 Å². The summed E-state index contributed by atoms with van der Waals surface area (Å²) in [4.78, 5) is 6.71. The number of hydrogen-bond acceptors (Lipinski definition) is 2. The van der Waals surface area contributed by atoms with Crippen molar-refractivity contribution in [2.24, 2.45) is 0 Å². The van der Waals surface area contributed by atoms with Crippen LogP contribution in [0.25, 0.3) is 0 Å². The monoisotopic (exact) mass is 238 g/mol. The lowest BCUT2D eigenvalue weighted by atomic mass is 9.93. The van der Waals surface area contributed by atoms with Gasteiger partial charge >= 0.3 is 0 Å². The molecule has 0 aliphatic heterocycles. The third kappa shape index (κ3) is 2.32. The van der Waals surface area contributed by atoms with Crippen molar-refractivity contribution < 1.29 is 0 Å². The smallest absolute Gasteiger partial charge is 0.131 e. The van der Waals surface area contributed by atoms with E-state index in [4.69, 9.17) is 11.6 Å². The van der Waals surface area contributed by atoms with Gasteiger partial charge in [-0.1, -0.05) is 18.9 Å². The molecule has 1 aromatic heterocycles. The molecule has 2 rings (SSSR count). The van der Waals surface area contributed by atoms with Gasteiger partial charge in [-0.2, -0.15) is 0 Å². The van der Waals surface area contributed by atoms with Crippen LogP contribution in [0, 0.1) is 6.92 Å². The highest BCUT2D eigenvalue weighted by Gasteiger charge is 2.27. The van der Waals surface area contributed by atoms with Gasteiger partial charge in [0.15, 0.2) is 0 Å². The molecular weight excluding hydrogens is 220 g/mol. The van der Waals surface area contributed by atoms with E-state index in [1.165, 1.54) is 24.8 Å². The van der Waals surface area contributed by atoms with Crippen molar-refractivity contribution in [1.82, 2.24) is 4.98 Å². The van der Waals surface area contributed by atoms with Gasteiger partial charge in [-0.3, -0.25) is 0 Å². The van der Waals surface area contributed by atoms with Crippen molar-refractivity contribution in [3.05, 3.63) is 23.9 Å². The molecule has 88 valence electrons. The van der Waals surface area contributed by atoms with Gasteiger partial charge in [0.25, 0.3) is 0 Å². The second kappa shape index (κ2) is 5.05. The lowest BCUT2D eigenvalue weighted by Crippen LogP contribution is -2.41. The quantitative estimate of drug-likeness (QED) is 0.735. The minimum Gasteiger partial charge on any atom is -0.355 e. The number of anilines is 1. The van der Waals surface area contributed by atoms with Gasteiger partial charge in [0.2, 0.25) is 0 Å². The maximum absolute atomic E-state index is 6.41. The molecule has 1 aromatic rings. The summed E-state index contributed by atoms with van der Waals surface area (Å²) < 4.78 is 0. The Morgan fingerprint density at radius 3 is 2.81 bits per heavy atom. The van der Waals surface area contributed by atoms with Gasteiger partial charge < -0.3 is 4.90 Å². The highest BCUT2D eigenvalue weighted by molar-refractivity contribution is 6.21. The number of pyridine rings is 1. The van der Waals surface area contributed by atoms with Crippen molar-refractivity contribution in [2.75, 3.05) is 11.9 Å². The topological polar surface area (TPSA) is 16.1 Å². The molecule has 0 aromatic carbocycles. The van der Waals surface area contributed by atoms with Crippen LogP contribution in [-0.2, 0) is 0 Å². The Bertz CT molecular complexity index is 354. The van der Waals surface area contributed by atoms with E-state index in [0.717, 1.165) is 12.2 Å². The van der Waals surface area contributed by atoms with E-state index in [1.54, 1.807) is 0 Å². The summed E-state index contributed by atoms with van der Waals surface area (Å²) in [5, 5.41) is 0.264. The Hall–Kier alpha value is -0.760. The van der Waals surface area contributed by atoms with Crippen molar-refractivity contribution in [3.63, 3.8) is 0 Å². The van der Waals surface area contributed by atoms with Crippen LogP contribution in [0.4, 0.5) is 5.82 Å². The normalized spacial score (nSPS) is 25.4. The van der Waals surface area contributed by atoms with E-state index in [-0.39, 0.29) is 5.38 Å². The zero-order valence-electron chi connectivity index (χ0n) is 9.99. The average Bonchev–Trinajstić information content (AvgIpc) is 2.29. The van der Waals surface area contributed by atoms with Crippen LogP contribution < -0.4 is 4.90 Å². The van der Waals surface area contributed by atoms with Crippen LogP contribution in [0.5, 0.6) is 0 Å². The summed E-state index contributed by atoms with van der Waals surface area (Å²) in [6.07, 6.45) is 6.71. The highest BCUT2D eigenvalue weighted by Crippen LogP contribution is 2.29. The first-order valence-corrected chi connectivity index (χ1v) is 6.42. The SMILES string of the molecule is Cc1cccnc1N(C)C1CCCCC1Cl. The summed E-state index contributed by atoms with van der Waals surface area (Å²) in [7, 11) is 2.11. The molecule has 1 aliphatic carbocycles. The maximum Gasteiger partial charge on any atom is 0.131 e. The average molecular weight is 239 g/mol. The highest BCUT2D eigenvalue weighted by atomic mass is 35.5. The summed E-state index contributed by atoms with van der Waals surface area (Å²) in [6, 6.07) is 4.51. The van der Waals surface area contributed by atoms with Crippen molar-refractivity contribution in [1.29, 1.82) is 0 Å². The molecule has 2 unspecified atom stereocenters. The Morgan fingerprint density at radius 1 is 1.38 bits per heavy atom. The standard InChI is InChI=1S/C13H19ClN2/c1-10-6-5-9-15-13(10)16(2)12-8-4-3-7-11(12)14/h5-6,9,11-12H,3-4,7-8H2,1-2H3. The fourth-order valence-corrected chi connectivity index (χ4v) is 2.96. The summed E-state index contributed by atoms with van der Waals surface area (Å²) in [5.41, 5.74) is 1.22. The van der Waals surface area contributed by atoms with Crippen LogP contribution in [-0.4, -0.2) is 23.5 Å². The molecule has 0 spiro atoms. The van der Waals surface area contributed by atoms with E-state index in [1.807, 2.05) is 12.3 Å². The predicted octanol–water partition coefficient (Wildman–Crippen LogP) is 3.38. The lowest BCUT2D eigenvalue weighted by molar-refractivity contribution is 0.432. The molecular formula is C13H19ClN2.